The van der Waals surface area contributed by atoms with Crippen molar-refractivity contribution >= 4 is 11.8 Å². The lowest BCUT2D eigenvalue weighted by Gasteiger charge is -2.26. The predicted octanol–water partition coefficient (Wildman–Crippen LogP) is 2.37. The number of amides is 2. The second kappa shape index (κ2) is 6.74. The third-order valence-electron chi connectivity index (χ3n) is 3.92. The Balaban J connectivity index is 2.09. The van der Waals surface area contributed by atoms with Crippen molar-refractivity contribution in [2.24, 2.45) is 5.92 Å². The molecule has 1 unspecified atom stereocenters. The van der Waals surface area contributed by atoms with Gasteiger partial charge in [0.05, 0.1) is 0 Å². The Morgan fingerprint density at radius 3 is 2.43 bits per heavy atom. The molecule has 114 valence electrons. The average Bonchev–Trinajstić information content (AvgIpc) is 2.97. The molecule has 0 saturated carbocycles. The molecule has 2 amide bonds. The van der Waals surface area contributed by atoms with E-state index < -0.39 is 6.04 Å². The van der Waals surface area contributed by atoms with Crippen LogP contribution in [0.25, 0.3) is 0 Å². The van der Waals surface area contributed by atoms with Crippen molar-refractivity contribution in [3.63, 3.8) is 0 Å². The lowest BCUT2D eigenvalue weighted by molar-refractivity contribution is -0.133. The van der Waals surface area contributed by atoms with Crippen molar-refractivity contribution in [3.8, 4) is 0 Å². The third kappa shape index (κ3) is 3.84. The molecule has 0 aromatic heterocycles. The SMILES string of the molecule is Cc1cccc(C(=O)NC(C(=O)N2CCCC2)C(C)C)c1. The molecule has 21 heavy (non-hydrogen) atoms. The molecule has 1 aliphatic heterocycles. The van der Waals surface area contributed by atoms with Crippen LogP contribution in [0.2, 0.25) is 0 Å². The van der Waals surface area contributed by atoms with Crippen LogP contribution in [-0.4, -0.2) is 35.8 Å². The molecular weight excluding hydrogens is 264 g/mol. The van der Waals surface area contributed by atoms with E-state index in [2.05, 4.69) is 5.32 Å². The lowest BCUT2D eigenvalue weighted by Crippen LogP contribution is -2.50. The first-order valence-corrected chi connectivity index (χ1v) is 7.65. The van der Waals surface area contributed by atoms with E-state index in [1.54, 1.807) is 6.07 Å². The zero-order valence-corrected chi connectivity index (χ0v) is 13.1. The van der Waals surface area contributed by atoms with Crippen LogP contribution in [0.3, 0.4) is 0 Å². The van der Waals surface area contributed by atoms with E-state index in [0.717, 1.165) is 31.5 Å². The number of hydrogen-bond donors (Lipinski definition) is 1. The maximum Gasteiger partial charge on any atom is 0.251 e. The quantitative estimate of drug-likeness (QED) is 0.924. The first kappa shape index (κ1) is 15.5. The molecule has 0 spiro atoms. The average molecular weight is 288 g/mol. The van der Waals surface area contributed by atoms with Gasteiger partial charge in [-0.2, -0.15) is 0 Å². The van der Waals surface area contributed by atoms with Gasteiger partial charge in [-0.25, -0.2) is 0 Å². The van der Waals surface area contributed by atoms with Gasteiger partial charge >= 0.3 is 0 Å². The Bertz CT molecular complexity index is 519. The van der Waals surface area contributed by atoms with Gasteiger partial charge in [0, 0.05) is 18.7 Å². The van der Waals surface area contributed by atoms with Gasteiger partial charge in [0.1, 0.15) is 6.04 Å². The van der Waals surface area contributed by atoms with E-state index in [-0.39, 0.29) is 17.7 Å². The second-order valence-corrected chi connectivity index (χ2v) is 6.10. The Morgan fingerprint density at radius 1 is 1.19 bits per heavy atom. The number of carbonyl (C=O) groups excluding carboxylic acids is 2. The minimum Gasteiger partial charge on any atom is -0.341 e. The highest BCUT2D eigenvalue weighted by Gasteiger charge is 2.30. The zero-order chi connectivity index (χ0) is 15.4. The normalized spacial score (nSPS) is 16.1. The third-order valence-corrected chi connectivity index (χ3v) is 3.92. The molecule has 1 fully saturated rings. The molecule has 2 rings (SSSR count). The molecule has 4 nitrogen and oxygen atoms in total. The molecule has 1 aromatic rings. The van der Waals surface area contributed by atoms with Crippen LogP contribution in [0.1, 0.15) is 42.6 Å². The van der Waals surface area contributed by atoms with Gasteiger partial charge in [0.15, 0.2) is 0 Å². The highest BCUT2D eigenvalue weighted by Crippen LogP contribution is 2.14. The van der Waals surface area contributed by atoms with E-state index in [0.29, 0.717) is 5.56 Å². The first-order chi connectivity index (χ1) is 9.99. The maximum atomic E-state index is 12.5. The minimum absolute atomic E-state index is 0.0449. The van der Waals surface area contributed by atoms with Gasteiger partial charge in [-0.1, -0.05) is 31.5 Å². The van der Waals surface area contributed by atoms with E-state index in [4.69, 9.17) is 0 Å². The molecule has 1 saturated heterocycles. The topological polar surface area (TPSA) is 49.4 Å². The fraction of sp³-hybridized carbons (Fsp3) is 0.529. The van der Waals surface area contributed by atoms with Gasteiger partial charge < -0.3 is 10.2 Å². The summed E-state index contributed by atoms with van der Waals surface area (Å²) < 4.78 is 0. The summed E-state index contributed by atoms with van der Waals surface area (Å²) in [6.45, 7) is 7.50. The van der Waals surface area contributed by atoms with E-state index >= 15 is 0 Å². The summed E-state index contributed by atoms with van der Waals surface area (Å²) in [5, 5.41) is 2.91. The summed E-state index contributed by atoms with van der Waals surface area (Å²) in [4.78, 5) is 26.7. The Morgan fingerprint density at radius 2 is 1.86 bits per heavy atom. The molecule has 1 N–H and O–H groups in total. The molecule has 1 heterocycles. The van der Waals surface area contributed by atoms with Crippen LogP contribution in [0.4, 0.5) is 0 Å². The Hall–Kier alpha value is -1.84. The van der Waals surface area contributed by atoms with E-state index in [9.17, 15) is 9.59 Å². The molecule has 4 heteroatoms. The van der Waals surface area contributed by atoms with Gasteiger partial charge in [0.25, 0.3) is 5.91 Å². The van der Waals surface area contributed by atoms with Gasteiger partial charge in [0.2, 0.25) is 5.91 Å². The van der Waals surface area contributed by atoms with Crippen molar-refractivity contribution < 1.29 is 9.59 Å². The monoisotopic (exact) mass is 288 g/mol. The minimum atomic E-state index is -0.448. The molecule has 0 bridgehead atoms. The summed E-state index contributed by atoms with van der Waals surface area (Å²) in [5.74, 6) is -0.0553. The lowest BCUT2D eigenvalue weighted by atomic mass is 10.0. The maximum absolute atomic E-state index is 12.5. The smallest absolute Gasteiger partial charge is 0.251 e. The van der Waals surface area contributed by atoms with Crippen molar-refractivity contribution in [2.45, 2.75) is 39.7 Å². The summed E-state index contributed by atoms with van der Waals surface area (Å²) in [6, 6.07) is 6.98. The number of nitrogens with zero attached hydrogens (tertiary/aromatic N) is 1. The molecule has 1 aromatic carbocycles. The van der Waals surface area contributed by atoms with Crippen LogP contribution < -0.4 is 5.32 Å². The summed E-state index contributed by atoms with van der Waals surface area (Å²) in [5.41, 5.74) is 1.64. The number of likely N-dealkylation sites (tertiary alicyclic amines) is 1. The van der Waals surface area contributed by atoms with Gasteiger partial charge in [-0.15, -0.1) is 0 Å². The van der Waals surface area contributed by atoms with Crippen molar-refractivity contribution in [1.82, 2.24) is 10.2 Å². The van der Waals surface area contributed by atoms with Crippen LogP contribution in [0.15, 0.2) is 24.3 Å². The highest BCUT2D eigenvalue weighted by atomic mass is 16.2. The molecule has 1 aliphatic rings. The van der Waals surface area contributed by atoms with Gasteiger partial charge in [-0.3, -0.25) is 9.59 Å². The number of carbonyl (C=O) groups is 2. The fourth-order valence-electron chi connectivity index (χ4n) is 2.66. The van der Waals surface area contributed by atoms with E-state index in [1.165, 1.54) is 0 Å². The summed E-state index contributed by atoms with van der Waals surface area (Å²) in [7, 11) is 0. The van der Waals surface area contributed by atoms with Crippen molar-refractivity contribution in [2.75, 3.05) is 13.1 Å². The van der Waals surface area contributed by atoms with Crippen molar-refractivity contribution in [3.05, 3.63) is 35.4 Å². The van der Waals surface area contributed by atoms with Crippen LogP contribution >= 0.6 is 0 Å². The molecule has 0 radical (unpaired) electrons. The van der Waals surface area contributed by atoms with Crippen LogP contribution in [0, 0.1) is 12.8 Å². The zero-order valence-electron chi connectivity index (χ0n) is 13.1. The largest absolute Gasteiger partial charge is 0.341 e. The number of benzene rings is 1. The molecule has 1 atom stereocenters. The van der Waals surface area contributed by atoms with Crippen molar-refractivity contribution in [1.29, 1.82) is 0 Å². The van der Waals surface area contributed by atoms with Gasteiger partial charge in [-0.05, 0) is 37.8 Å². The Labute approximate surface area is 126 Å². The number of hydrogen-bond acceptors (Lipinski definition) is 2. The molecule has 0 aliphatic carbocycles. The molecular formula is C17H24N2O2. The fourth-order valence-corrected chi connectivity index (χ4v) is 2.66. The second-order valence-electron chi connectivity index (χ2n) is 6.10. The Kier molecular flexibility index (Phi) is 4.99. The summed E-state index contributed by atoms with van der Waals surface area (Å²) >= 11 is 0. The summed E-state index contributed by atoms with van der Waals surface area (Å²) in [6.07, 6.45) is 2.12. The van der Waals surface area contributed by atoms with Crippen LogP contribution in [0.5, 0.6) is 0 Å². The first-order valence-electron chi connectivity index (χ1n) is 7.65. The standard InChI is InChI=1S/C17H24N2O2/c1-12(2)15(17(21)19-9-4-5-10-19)18-16(20)14-8-6-7-13(3)11-14/h6-8,11-12,15H,4-5,9-10H2,1-3H3,(H,18,20). The number of rotatable bonds is 4. The predicted molar refractivity (Wildman–Crippen MR) is 83.1 cm³/mol. The van der Waals surface area contributed by atoms with E-state index in [1.807, 2.05) is 43.9 Å². The highest BCUT2D eigenvalue weighted by molar-refractivity contribution is 5.97. The number of nitrogens with one attached hydrogen (secondary N) is 1. The number of aryl methyl sites for hydroxylation is 1. The van der Waals surface area contributed by atoms with Crippen LogP contribution in [-0.2, 0) is 4.79 Å².